The fraction of sp³-hybridized carbons (Fsp3) is 0.667. The van der Waals surface area contributed by atoms with Crippen molar-refractivity contribution in [3.63, 3.8) is 0 Å². The Bertz CT molecular complexity index is 493. The number of hydrogen-bond donors (Lipinski definition) is 0. The molecule has 0 aromatic carbocycles. The van der Waals surface area contributed by atoms with E-state index in [4.69, 9.17) is 4.74 Å². The van der Waals surface area contributed by atoms with Crippen molar-refractivity contribution in [1.29, 1.82) is 0 Å². The molecular formula is C15H24N4O2. The fourth-order valence-electron chi connectivity index (χ4n) is 2.59. The molecule has 0 aliphatic carbocycles. The average Bonchev–Trinajstić information content (AvgIpc) is 2.62. The van der Waals surface area contributed by atoms with Gasteiger partial charge in [-0.1, -0.05) is 6.92 Å². The second-order valence-electron chi connectivity index (χ2n) is 5.37. The van der Waals surface area contributed by atoms with Gasteiger partial charge in [-0.2, -0.15) is 0 Å². The molecule has 21 heavy (non-hydrogen) atoms. The van der Waals surface area contributed by atoms with Crippen LogP contribution in [0.1, 0.15) is 31.3 Å². The maximum absolute atomic E-state index is 12.3. The van der Waals surface area contributed by atoms with Gasteiger partial charge in [-0.25, -0.2) is 9.97 Å². The Morgan fingerprint density at radius 3 is 2.86 bits per heavy atom. The summed E-state index contributed by atoms with van der Waals surface area (Å²) in [5.41, 5.74) is 0.897. The molecule has 2 heterocycles. The topological polar surface area (TPSA) is 58.6 Å². The monoisotopic (exact) mass is 292 g/mol. The lowest BCUT2D eigenvalue weighted by Gasteiger charge is -2.22. The zero-order chi connectivity index (χ0) is 15.2. The quantitative estimate of drug-likeness (QED) is 0.820. The van der Waals surface area contributed by atoms with E-state index in [0.717, 1.165) is 44.0 Å². The molecule has 0 bridgehead atoms. The maximum atomic E-state index is 12.3. The van der Waals surface area contributed by atoms with Crippen LogP contribution in [0.2, 0.25) is 0 Å². The van der Waals surface area contributed by atoms with Gasteiger partial charge in [0.15, 0.2) is 5.82 Å². The van der Waals surface area contributed by atoms with Gasteiger partial charge < -0.3 is 14.5 Å². The SMILES string of the molecule is CCCN1CCCN(c2cc(C)nc(COC)n2)CC1=O. The average molecular weight is 292 g/mol. The molecule has 6 nitrogen and oxygen atoms in total. The first-order chi connectivity index (χ1) is 10.1. The molecule has 1 amide bonds. The van der Waals surface area contributed by atoms with Gasteiger partial charge in [0.25, 0.3) is 0 Å². The van der Waals surface area contributed by atoms with Gasteiger partial charge in [0.2, 0.25) is 5.91 Å². The number of ether oxygens (including phenoxy) is 1. The third-order valence-corrected chi connectivity index (χ3v) is 3.51. The molecule has 0 N–H and O–H groups in total. The van der Waals surface area contributed by atoms with Crippen molar-refractivity contribution >= 4 is 11.7 Å². The summed E-state index contributed by atoms with van der Waals surface area (Å²) >= 11 is 0. The molecule has 6 heteroatoms. The normalized spacial score (nSPS) is 16.2. The van der Waals surface area contributed by atoms with Crippen LogP contribution >= 0.6 is 0 Å². The van der Waals surface area contributed by atoms with E-state index < -0.39 is 0 Å². The zero-order valence-electron chi connectivity index (χ0n) is 13.1. The molecule has 0 atom stereocenters. The van der Waals surface area contributed by atoms with Crippen LogP contribution in [0.5, 0.6) is 0 Å². The second kappa shape index (κ2) is 7.36. The number of carbonyl (C=O) groups is 1. The van der Waals surface area contributed by atoms with Crippen molar-refractivity contribution in [2.24, 2.45) is 0 Å². The minimum Gasteiger partial charge on any atom is -0.377 e. The van der Waals surface area contributed by atoms with Gasteiger partial charge in [0.1, 0.15) is 12.4 Å². The number of anilines is 1. The van der Waals surface area contributed by atoms with Crippen molar-refractivity contribution in [2.75, 3.05) is 38.2 Å². The highest BCUT2D eigenvalue weighted by Gasteiger charge is 2.22. The Balaban J connectivity index is 2.16. The van der Waals surface area contributed by atoms with E-state index in [1.807, 2.05) is 22.8 Å². The molecule has 1 aromatic heterocycles. The van der Waals surface area contributed by atoms with Crippen molar-refractivity contribution in [3.8, 4) is 0 Å². The molecule has 0 spiro atoms. The summed E-state index contributed by atoms with van der Waals surface area (Å²) in [6, 6.07) is 1.93. The van der Waals surface area contributed by atoms with Gasteiger partial charge in [-0.3, -0.25) is 4.79 Å². The van der Waals surface area contributed by atoms with Gasteiger partial charge in [-0.05, 0) is 19.8 Å². The highest BCUT2D eigenvalue weighted by atomic mass is 16.5. The van der Waals surface area contributed by atoms with Crippen molar-refractivity contribution in [1.82, 2.24) is 14.9 Å². The lowest BCUT2D eigenvalue weighted by molar-refractivity contribution is -0.129. The summed E-state index contributed by atoms with van der Waals surface area (Å²) in [5.74, 6) is 1.66. The zero-order valence-corrected chi connectivity index (χ0v) is 13.1. The van der Waals surface area contributed by atoms with Crippen LogP contribution in [-0.2, 0) is 16.1 Å². The second-order valence-corrected chi connectivity index (χ2v) is 5.37. The number of aryl methyl sites for hydroxylation is 1. The third kappa shape index (κ3) is 4.14. The van der Waals surface area contributed by atoms with Gasteiger partial charge >= 0.3 is 0 Å². The molecule has 0 radical (unpaired) electrons. The van der Waals surface area contributed by atoms with Crippen molar-refractivity contribution in [2.45, 2.75) is 33.3 Å². The summed E-state index contributed by atoms with van der Waals surface area (Å²) in [7, 11) is 1.63. The van der Waals surface area contributed by atoms with E-state index in [2.05, 4.69) is 16.9 Å². The first kappa shape index (κ1) is 15.7. The Morgan fingerprint density at radius 1 is 1.33 bits per heavy atom. The largest absolute Gasteiger partial charge is 0.377 e. The summed E-state index contributed by atoms with van der Waals surface area (Å²) in [6.07, 6.45) is 1.96. The lowest BCUT2D eigenvalue weighted by Crippen LogP contribution is -2.37. The van der Waals surface area contributed by atoms with Crippen molar-refractivity contribution < 1.29 is 9.53 Å². The number of methoxy groups -OCH3 is 1. The van der Waals surface area contributed by atoms with Crippen LogP contribution in [0.4, 0.5) is 5.82 Å². The highest BCUT2D eigenvalue weighted by molar-refractivity contribution is 5.81. The predicted octanol–water partition coefficient (Wildman–Crippen LogP) is 1.38. The van der Waals surface area contributed by atoms with Crippen LogP contribution in [0.15, 0.2) is 6.07 Å². The van der Waals surface area contributed by atoms with Crippen LogP contribution < -0.4 is 4.90 Å². The molecular weight excluding hydrogens is 268 g/mol. The summed E-state index contributed by atoms with van der Waals surface area (Å²) < 4.78 is 5.10. The molecule has 1 aliphatic rings. The van der Waals surface area contributed by atoms with Crippen molar-refractivity contribution in [3.05, 3.63) is 17.6 Å². The number of aromatic nitrogens is 2. The molecule has 2 rings (SSSR count). The van der Waals surface area contributed by atoms with Crippen LogP contribution in [-0.4, -0.2) is 54.1 Å². The Kier molecular flexibility index (Phi) is 5.50. The summed E-state index contributed by atoms with van der Waals surface area (Å²) in [5, 5.41) is 0. The van der Waals surface area contributed by atoms with E-state index in [-0.39, 0.29) is 5.91 Å². The molecule has 1 aliphatic heterocycles. The van der Waals surface area contributed by atoms with E-state index >= 15 is 0 Å². The molecule has 1 fully saturated rings. The lowest BCUT2D eigenvalue weighted by atomic mass is 10.3. The minimum absolute atomic E-state index is 0.180. The smallest absolute Gasteiger partial charge is 0.242 e. The summed E-state index contributed by atoms with van der Waals surface area (Å²) in [6.45, 7) is 7.33. The van der Waals surface area contributed by atoms with E-state index in [9.17, 15) is 4.79 Å². The number of rotatable bonds is 5. The standard InChI is InChI=1S/C15H24N4O2/c1-4-6-18-7-5-8-19(10-15(18)20)14-9-12(2)16-13(17-14)11-21-3/h9H,4-8,10-11H2,1-3H3. The first-order valence-corrected chi connectivity index (χ1v) is 7.50. The number of carbonyl (C=O) groups excluding carboxylic acids is 1. The van der Waals surface area contributed by atoms with Gasteiger partial charge in [-0.15, -0.1) is 0 Å². The highest BCUT2D eigenvalue weighted by Crippen LogP contribution is 2.16. The van der Waals surface area contributed by atoms with E-state index in [1.54, 1.807) is 7.11 Å². The molecule has 116 valence electrons. The van der Waals surface area contributed by atoms with Crippen LogP contribution in [0.3, 0.4) is 0 Å². The number of nitrogens with zero attached hydrogens (tertiary/aromatic N) is 4. The third-order valence-electron chi connectivity index (χ3n) is 3.51. The molecule has 0 saturated carbocycles. The fourth-order valence-corrected chi connectivity index (χ4v) is 2.59. The predicted molar refractivity (Wildman–Crippen MR) is 81.2 cm³/mol. The Labute approximate surface area is 126 Å². The Hall–Kier alpha value is -1.69. The number of hydrogen-bond acceptors (Lipinski definition) is 5. The molecule has 1 saturated heterocycles. The Morgan fingerprint density at radius 2 is 2.14 bits per heavy atom. The van der Waals surface area contributed by atoms with Gasteiger partial charge in [0, 0.05) is 38.5 Å². The molecule has 0 unspecified atom stereocenters. The number of amides is 1. The summed E-state index contributed by atoms with van der Waals surface area (Å²) in [4.78, 5) is 25.2. The van der Waals surface area contributed by atoms with Gasteiger partial charge in [0.05, 0.1) is 6.54 Å². The minimum atomic E-state index is 0.180. The van der Waals surface area contributed by atoms with Crippen LogP contribution in [0.25, 0.3) is 0 Å². The van der Waals surface area contributed by atoms with E-state index in [1.165, 1.54) is 0 Å². The van der Waals surface area contributed by atoms with E-state index in [0.29, 0.717) is 19.0 Å². The molecule has 1 aromatic rings. The first-order valence-electron chi connectivity index (χ1n) is 7.50. The van der Waals surface area contributed by atoms with Crippen LogP contribution in [0, 0.1) is 6.92 Å². The maximum Gasteiger partial charge on any atom is 0.242 e.